The summed E-state index contributed by atoms with van der Waals surface area (Å²) in [6.07, 6.45) is 6.73. The van der Waals surface area contributed by atoms with Crippen LogP contribution < -0.4 is 14.5 Å². The Bertz CT molecular complexity index is 1610. The highest BCUT2D eigenvalue weighted by Gasteiger charge is 2.66. The van der Waals surface area contributed by atoms with Crippen molar-refractivity contribution in [3.8, 4) is 5.75 Å². The number of nitrogens with zero attached hydrogens (tertiary/aromatic N) is 5. The molecule has 2 fully saturated rings. The average molecular weight is 664 g/mol. The van der Waals surface area contributed by atoms with Crippen LogP contribution in [0.15, 0.2) is 48.7 Å². The zero-order valence-electron chi connectivity index (χ0n) is 27.8. The number of aromatic nitrogens is 3. The summed E-state index contributed by atoms with van der Waals surface area (Å²) in [5.41, 5.74) is 2.01. The lowest BCUT2D eigenvalue weighted by Crippen LogP contribution is -2.45. The zero-order chi connectivity index (χ0) is 33.3. The van der Waals surface area contributed by atoms with E-state index in [-0.39, 0.29) is 25.0 Å². The quantitative estimate of drug-likeness (QED) is 0.224. The number of amides is 2. The van der Waals surface area contributed by atoms with Crippen LogP contribution in [-0.2, 0) is 39.4 Å². The van der Waals surface area contributed by atoms with E-state index in [1.54, 1.807) is 36.0 Å². The van der Waals surface area contributed by atoms with Gasteiger partial charge in [0.05, 0.1) is 31.1 Å². The summed E-state index contributed by atoms with van der Waals surface area (Å²) in [6, 6.07) is 13.5. The number of fused-ring (bicyclic) bond motifs is 2. The third kappa shape index (κ3) is 6.34. The molecule has 0 unspecified atom stereocenters. The number of ether oxygens (including phenoxy) is 2. The number of hydrogen-bond acceptors (Lipinski definition) is 7. The van der Waals surface area contributed by atoms with Gasteiger partial charge in [0, 0.05) is 61.4 Å². The first-order valence-electron chi connectivity index (χ1n) is 16.8. The van der Waals surface area contributed by atoms with Crippen LogP contribution in [0.3, 0.4) is 0 Å². The van der Waals surface area contributed by atoms with Crippen LogP contribution in [0.1, 0.15) is 62.3 Å². The molecule has 3 aromatic rings. The Labute approximate surface area is 277 Å². The summed E-state index contributed by atoms with van der Waals surface area (Å²) in [5.74, 6) is 0.0853. The minimum Gasteiger partial charge on any atom is -0.497 e. The first-order chi connectivity index (χ1) is 22.6. The lowest BCUT2D eigenvalue weighted by atomic mass is 9.82. The van der Waals surface area contributed by atoms with E-state index in [9.17, 15) is 14.7 Å². The highest BCUT2D eigenvalue weighted by molar-refractivity contribution is 6.72. The Morgan fingerprint density at radius 2 is 1.94 bits per heavy atom. The predicted octanol–water partition coefficient (Wildman–Crippen LogP) is 5.53. The summed E-state index contributed by atoms with van der Waals surface area (Å²) in [4.78, 5) is 31.5. The number of hydrogen-bond donors (Lipinski definition) is 1. The molecule has 3 aliphatic rings. The van der Waals surface area contributed by atoms with Gasteiger partial charge in [0.2, 0.25) is 14.3 Å². The van der Waals surface area contributed by atoms with Gasteiger partial charge in [-0.05, 0) is 68.3 Å². The molecule has 0 aliphatic carbocycles. The summed E-state index contributed by atoms with van der Waals surface area (Å²) < 4.78 is 30.5. The second-order valence-electron chi connectivity index (χ2n) is 13.7. The van der Waals surface area contributed by atoms with Crippen molar-refractivity contribution in [2.24, 2.45) is 5.92 Å². The molecule has 4 atom stereocenters. The molecule has 12 heteroatoms. The van der Waals surface area contributed by atoms with Gasteiger partial charge in [-0.3, -0.25) is 14.3 Å². The summed E-state index contributed by atoms with van der Waals surface area (Å²) >= 11 is 0. The number of aliphatic hydroxyl groups is 1. The monoisotopic (exact) mass is 663 g/mol. The van der Waals surface area contributed by atoms with Crippen LogP contribution in [0.25, 0.3) is 0 Å². The van der Waals surface area contributed by atoms with E-state index in [0.717, 1.165) is 42.6 Å². The Kier molecular flexibility index (Phi) is 9.55. The molecule has 47 heavy (non-hydrogen) atoms. The molecule has 0 bridgehead atoms. The van der Waals surface area contributed by atoms with Gasteiger partial charge in [0.15, 0.2) is 5.60 Å². The number of anilines is 2. The minimum atomic E-state index is -3.34. The molecule has 4 heterocycles. The first kappa shape index (κ1) is 33.3. The van der Waals surface area contributed by atoms with Crippen molar-refractivity contribution >= 4 is 31.6 Å². The van der Waals surface area contributed by atoms with Gasteiger partial charge in [-0.1, -0.05) is 37.1 Å². The summed E-state index contributed by atoms with van der Waals surface area (Å²) in [7, 11) is -1.75. The SMILES string of the molecule is COc1ccc2c(c1)[C@@]1(O[C@H](CCn3cc(CCO)nn3)[C@@H]([Si](C)(C)F)[C@@H]1C)C(=O)N2Cc1cccc(N2CCCCCCC2=O)c1. The molecule has 1 N–H and O–H groups in total. The van der Waals surface area contributed by atoms with Crippen molar-refractivity contribution in [3.05, 3.63) is 65.5 Å². The molecule has 252 valence electrons. The van der Waals surface area contributed by atoms with Gasteiger partial charge in [0.25, 0.3) is 5.91 Å². The molecule has 0 saturated carbocycles. The third-order valence-electron chi connectivity index (χ3n) is 10.2. The van der Waals surface area contributed by atoms with E-state index in [4.69, 9.17) is 9.47 Å². The number of carbonyl (C=O) groups is 2. The molecule has 1 spiro atoms. The van der Waals surface area contributed by atoms with E-state index < -0.39 is 31.6 Å². The largest absolute Gasteiger partial charge is 0.497 e. The highest BCUT2D eigenvalue weighted by atomic mass is 28.4. The van der Waals surface area contributed by atoms with Gasteiger partial charge in [-0.2, -0.15) is 0 Å². The number of aliphatic hydroxyl groups excluding tert-OH is 1. The van der Waals surface area contributed by atoms with Crippen LogP contribution >= 0.6 is 0 Å². The molecular formula is C35H46FN5O5Si. The fraction of sp³-hybridized carbons (Fsp3) is 0.543. The van der Waals surface area contributed by atoms with Gasteiger partial charge < -0.3 is 28.5 Å². The topological polar surface area (TPSA) is 110 Å². The number of rotatable bonds is 10. The van der Waals surface area contributed by atoms with Gasteiger partial charge >= 0.3 is 0 Å². The number of carbonyl (C=O) groups excluding carboxylic acids is 2. The molecule has 3 aliphatic heterocycles. The number of aryl methyl sites for hydroxylation is 1. The zero-order valence-corrected chi connectivity index (χ0v) is 28.8. The average Bonchev–Trinajstić information content (AvgIpc) is 3.68. The Morgan fingerprint density at radius 3 is 2.70 bits per heavy atom. The third-order valence-corrected chi connectivity index (χ3v) is 12.6. The summed E-state index contributed by atoms with van der Waals surface area (Å²) in [6.45, 7) is 6.73. The van der Waals surface area contributed by atoms with Gasteiger partial charge in [-0.25, -0.2) is 0 Å². The number of methoxy groups -OCH3 is 1. The predicted molar refractivity (Wildman–Crippen MR) is 180 cm³/mol. The molecule has 0 radical (unpaired) electrons. The lowest BCUT2D eigenvalue weighted by Gasteiger charge is -2.31. The first-order valence-corrected chi connectivity index (χ1v) is 19.8. The molecule has 2 saturated heterocycles. The fourth-order valence-electron chi connectivity index (χ4n) is 7.95. The standard InChI is InChI=1S/C35H46FN5O5Si/c1-24-33(47(3,4)36)31(15-18-39-23-26(16-19-42)37-38-39)46-35(24)29-21-28(45-2)13-14-30(29)41(34(35)44)22-25-10-9-11-27(20-25)40-17-8-6-5-7-12-32(40)43/h9-11,13-14,20-21,23-24,31,33,42H,5-8,12,15-19,22H2,1-4H3/t24-,31+,33-,35+/m0/s1. The van der Waals surface area contributed by atoms with Gasteiger partial charge in [0.1, 0.15) is 5.75 Å². The van der Waals surface area contributed by atoms with E-state index in [0.29, 0.717) is 49.4 Å². The maximum absolute atomic E-state index is 16.3. The Hall–Kier alpha value is -3.61. The molecule has 10 nitrogen and oxygen atoms in total. The van der Waals surface area contributed by atoms with Crippen LogP contribution in [0.5, 0.6) is 5.75 Å². The van der Waals surface area contributed by atoms with E-state index in [1.165, 1.54) is 0 Å². The van der Waals surface area contributed by atoms with Crippen molar-refractivity contribution in [3.63, 3.8) is 0 Å². The smallest absolute Gasteiger partial charge is 0.264 e. The Balaban J connectivity index is 1.33. The van der Waals surface area contributed by atoms with Gasteiger partial charge in [-0.15, -0.1) is 5.10 Å². The maximum atomic E-state index is 16.3. The maximum Gasteiger partial charge on any atom is 0.264 e. The van der Waals surface area contributed by atoms with Crippen molar-refractivity contribution in [1.29, 1.82) is 0 Å². The number of halogens is 1. The van der Waals surface area contributed by atoms with Crippen molar-refractivity contribution < 1.29 is 28.3 Å². The molecule has 6 rings (SSSR count). The summed E-state index contributed by atoms with van der Waals surface area (Å²) in [5, 5.41) is 17.6. The van der Waals surface area contributed by atoms with Crippen molar-refractivity contribution in [2.45, 2.75) is 95.3 Å². The molecule has 2 aromatic carbocycles. The van der Waals surface area contributed by atoms with Crippen LogP contribution in [0.4, 0.5) is 15.5 Å². The highest BCUT2D eigenvalue weighted by Crippen LogP contribution is 2.60. The molecule has 1 aromatic heterocycles. The molecule has 2 amide bonds. The molecular weight excluding hydrogens is 617 g/mol. The Morgan fingerprint density at radius 1 is 1.13 bits per heavy atom. The van der Waals surface area contributed by atoms with Crippen molar-refractivity contribution in [2.75, 3.05) is 30.1 Å². The van der Waals surface area contributed by atoms with Crippen LogP contribution in [0.2, 0.25) is 18.6 Å². The van der Waals surface area contributed by atoms with Crippen LogP contribution in [-0.4, -0.2) is 66.7 Å². The van der Waals surface area contributed by atoms with Crippen LogP contribution in [0, 0.1) is 5.92 Å². The lowest BCUT2D eigenvalue weighted by molar-refractivity contribution is -0.146. The second kappa shape index (κ2) is 13.5. The van der Waals surface area contributed by atoms with E-state index in [2.05, 4.69) is 10.3 Å². The van der Waals surface area contributed by atoms with E-state index in [1.807, 2.05) is 54.3 Å². The second-order valence-corrected chi connectivity index (χ2v) is 17.5. The normalized spacial score (nSPS) is 24.9. The van der Waals surface area contributed by atoms with Crippen molar-refractivity contribution in [1.82, 2.24) is 15.0 Å². The fourth-order valence-corrected chi connectivity index (χ4v) is 10.5. The minimum absolute atomic E-state index is 0.0175. The number of benzene rings is 2. The van der Waals surface area contributed by atoms with E-state index >= 15 is 4.11 Å².